The standard InChI is InChI=1S/C24H34N6O3/c1-3-29(4-2)23(32)18-27-11-6-12-30(16-15-27)24(33)20-7-5-8-21(17-20)26-22(31)9-13-28-14-10-25-19-28/h5,7-8,10,14,17,19H,3-4,6,9,11-13,15-16,18H2,1-2H3,(H,26,31). The van der Waals surface area contributed by atoms with Crippen LogP contribution in [0.5, 0.6) is 0 Å². The Bertz CT molecular complexity index is 926. The van der Waals surface area contributed by atoms with Crippen LogP contribution in [0.15, 0.2) is 43.0 Å². The minimum absolute atomic E-state index is 0.0542. The van der Waals surface area contributed by atoms with Gasteiger partial charge in [0.15, 0.2) is 0 Å². The molecule has 0 spiro atoms. The molecule has 1 aromatic heterocycles. The van der Waals surface area contributed by atoms with E-state index in [-0.39, 0.29) is 17.7 Å². The zero-order valence-corrected chi connectivity index (χ0v) is 19.6. The SMILES string of the molecule is CCN(CC)C(=O)CN1CCCN(C(=O)c2cccc(NC(=O)CCn3ccnc3)c2)CC1. The normalized spacial score (nSPS) is 14.5. The lowest BCUT2D eigenvalue weighted by Crippen LogP contribution is -2.42. The minimum Gasteiger partial charge on any atom is -0.342 e. The number of hydrogen-bond acceptors (Lipinski definition) is 5. The predicted molar refractivity (Wildman–Crippen MR) is 127 cm³/mol. The molecule has 0 radical (unpaired) electrons. The van der Waals surface area contributed by atoms with Crippen molar-refractivity contribution in [1.82, 2.24) is 24.3 Å². The summed E-state index contributed by atoms with van der Waals surface area (Å²) in [5, 5.41) is 2.87. The van der Waals surface area contributed by atoms with Gasteiger partial charge in [-0.05, 0) is 38.5 Å². The van der Waals surface area contributed by atoms with Gasteiger partial charge in [-0.3, -0.25) is 19.3 Å². The number of aromatic nitrogens is 2. The lowest BCUT2D eigenvalue weighted by Gasteiger charge is -2.25. The summed E-state index contributed by atoms with van der Waals surface area (Å²) in [5.74, 6) is -0.0331. The molecule has 9 heteroatoms. The first-order valence-electron chi connectivity index (χ1n) is 11.6. The minimum atomic E-state index is -0.114. The molecule has 1 aromatic carbocycles. The van der Waals surface area contributed by atoms with Crippen molar-refractivity contribution >= 4 is 23.4 Å². The number of nitrogens with zero attached hydrogens (tertiary/aromatic N) is 5. The maximum absolute atomic E-state index is 13.1. The average Bonchev–Trinajstić information content (AvgIpc) is 3.23. The lowest BCUT2D eigenvalue weighted by molar-refractivity contribution is -0.132. The van der Waals surface area contributed by atoms with Crippen molar-refractivity contribution < 1.29 is 14.4 Å². The summed E-state index contributed by atoms with van der Waals surface area (Å²) >= 11 is 0. The largest absolute Gasteiger partial charge is 0.342 e. The van der Waals surface area contributed by atoms with Crippen molar-refractivity contribution in [2.24, 2.45) is 0 Å². The molecule has 0 bridgehead atoms. The van der Waals surface area contributed by atoms with E-state index >= 15 is 0 Å². The first-order valence-corrected chi connectivity index (χ1v) is 11.6. The van der Waals surface area contributed by atoms with E-state index in [0.29, 0.717) is 63.5 Å². The number of anilines is 1. The van der Waals surface area contributed by atoms with E-state index in [0.717, 1.165) is 13.0 Å². The van der Waals surface area contributed by atoms with Gasteiger partial charge in [-0.15, -0.1) is 0 Å². The maximum Gasteiger partial charge on any atom is 0.253 e. The zero-order chi connectivity index (χ0) is 23.6. The van der Waals surface area contributed by atoms with Crippen LogP contribution in [0.25, 0.3) is 0 Å². The van der Waals surface area contributed by atoms with Gasteiger partial charge in [-0.2, -0.15) is 0 Å². The van der Waals surface area contributed by atoms with Crippen LogP contribution < -0.4 is 5.32 Å². The summed E-state index contributed by atoms with van der Waals surface area (Å²) in [6.45, 7) is 9.03. The van der Waals surface area contributed by atoms with Gasteiger partial charge in [0.25, 0.3) is 5.91 Å². The van der Waals surface area contributed by atoms with Crippen molar-refractivity contribution in [2.45, 2.75) is 33.2 Å². The molecule has 1 N–H and O–H groups in total. The topological polar surface area (TPSA) is 90.8 Å². The summed E-state index contributed by atoms with van der Waals surface area (Å²) in [6, 6.07) is 7.07. The molecule has 1 aliphatic rings. The first kappa shape index (κ1) is 24.4. The Balaban J connectivity index is 1.53. The third-order valence-corrected chi connectivity index (χ3v) is 5.90. The van der Waals surface area contributed by atoms with Crippen LogP contribution in [-0.4, -0.2) is 87.8 Å². The molecule has 9 nitrogen and oxygen atoms in total. The number of carbonyl (C=O) groups excluding carboxylic acids is 3. The molecular weight excluding hydrogens is 420 g/mol. The van der Waals surface area contributed by atoms with E-state index in [1.165, 1.54) is 0 Å². The lowest BCUT2D eigenvalue weighted by atomic mass is 10.1. The van der Waals surface area contributed by atoms with Gasteiger partial charge in [0, 0.05) is 75.9 Å². The van der Waals surface area contributed by atoms with Crippen LogP contribution >= 0.6 is 0 Å². The van der Waals surface area contributed by atoms with Gasteiger partial charge in [-0.25, -0.2) is 4.98 Å². The van der Waals surface area contributed by atoms with E-state index in [2.05, 4.69) is 15.2 Å². The van der Waals surface area contributed by atoms with Gasteiger partial charge in [-0.1, -0.05) is 6.07 Å². The third kappa shape index (κ3) is 7.15. The van der Waals surface area contributed by atoms with E-state index in [1.807, 2.05) is 34.4 Å². The summed E-state index contributed by atoms with van der Waals surface area (Å²) in [5.41, 5.74) is 1.16. The summed E-state index contributed by atoms with van der Waals surface area (Å²) in [4.78, 5) is 47.6. The molecule has 0 unspecified atom stereocenters. The Morgan fingerprint density at radius 1 is 1.09 bits per heavy atom. The smallest absolute Gasteiger partial charge is 0.253 e. The van der Waals surface area contributed by atoms with Gasteiger partial charge < -0.3 is 19.7 Å². The highest BCUT2D eigenvalue weighted by atomic mass is 16.2. The molecule has 1 saturated heterocycles. The van der Waals surface area contributed by atoms with Crippen molar-refractivity contribution in [3.8, 4) is 0 Å². The number of imidazole rings is 1. The molecule has 33 heavy (non-hydrogen) atoms. The van der Waals surface area contributed by atoms with Gasteiger partial charge in [0.05, 0.1) is 12.9 Å². The molecule has 1 fully saturated rings. The summed E-state index contributed by atoms with van der Waals surface area (Å²) < 4.78 is 1.84. The average molecular weight is 455 g/mol. The Kier molecular flexibility index (Phi) is 9.00. The molecule has 178 valence electrons. The van der Waals surface area contributed by atoms with Crippen LogP contribution in [0.4, 0.5) is 5.69 Å². The molecule has 0 atom stereocenters. The quantitative estimate of drug-likeness (QED) is 0.625. The van der Waals surface area contributed by atoms with Gasteiger partial charge >= 0.3 is 0 Å². The predicted octanol–water partition coefficient (Wildman–Crippen LogP) is 1.93. The fourth-order valence-corrected chi connectivity index (χ4v) is 3.99. The van der Waals surface area contributed by atoms with E-state index < -0.39 is 0 Å². The molecule has 2 heterocycles. The van der Waals surface area contributed by atoms with Crippen molar-refractivity contribution in [3.05, 3.63) is 48.5 Å². The summed E-state index contributed by atoms with van der Waals surface area (Å²) in [6.07, 6.45) is 6.31. The number of amides is 3. The second kappa shape index (κ2) is 12.2. The number of carbonyl (C=O) groups is 3. The highest BCUT2D eigenvalue weighted by molar-refractivity contribution is 5.97. The van der Waals surface area contributed by atoms with Crippen LogP contribution in [-0.2, 0) is 16.1 Å². The van der Waals surface area contributed by atoms with Gasteiger partial charge in [0.1, 0.15) is 0 Å². The molecule has 3 amide bonds. The monoisotopic (exact) mass is 454 g/mol. The van der Waals surface area contributed by atoms with Crippen LogP contribution in [0, 0.1) is 0 Å². The summed E-state index contributed by atoms with van der Waals surface area (Å²) in [7, 11) is 0. The fourth-order valence-electron chi connectivity index (χ4n) is 3.99. The number of rotatable bonds is 9. The van der Waals surface area contributed by atoms with E-state index in [1.54, 1.807) is 36.8 Å². The number of aryl methyl sites for hydroxylation is 1. The number of likely N-dealkylation sites (N-methyl/N-ethyl adjacent to an activating group) is 1. The van der Waals surface area contributed by atoms with Crippen LogP contribution in [0.2, 0.25) is 0 Å². The van der Waals surface area contributed by atoms with Crippen LogP contribution in [0.3, 0.4) is 0 Å². The van der Waals surface area contributed by atoms with E-state index in [4.69, 9.17) is 0 Å². The van der Waals surface area contributed by atoms with Crippen molar-refractivity contribution in [1.29, 1.82) is 0 Å². The van der Waals surface area contributed by atoms with Gasteiger partial charge in [0.2, 0.25) is 11.8 Å². The highest BCUT2D eigenvalue weighted by Gasteiger charge is 2.22. The second-order valence-electron chi connectivity index (χ2n) is 8.17. The number of hydrogen-bond donors (Lipinski definition) is 1. The molecule has 1 aliphatic heterocycles. The third-order valence-electron chi connectivity index (χ3n) is 5.90. The molecular formula is C24H34N6O3. The maximum atomic E-state index is 13.1. The van der Waals surface area contributed by atoms with Crippen molar-refractivity contribution in [3.63, 3.8) is 0 Å². The molecule has 0 aliphatic carbocycles. The molecule has 2 aromatic rings. The van der Waals surface area contributed by atoms with Crippen molar-refractivity contribution in [2.75, 3.05) is 51.1 Å². The Hall–Kier alpha value is -3.20. The van der Waals surface area contributed by atoms with Crippen LogP contribution in [0.1, 0.15) is 37.0 Å². The number of benzene rings is 1. The Morgan fingerprint density at radius 3 is 2.64 bits per heavy atom. The zero-order valence-electron chi connectivity index (χ0n) is 19.6. The number of nitrogens with one attached hydrogen (secondary N) is 1. The fraction of sp³-hybridized carbons (Fsp3) is 0.500. The highest BCUT2D eigenvalue weighted by Crippen LogP contribution is 2.15. The molecule has 0 saturated carbocycles. The first-order chi connectivity index (χ1) is 16.0. The Labute approximate surface area is 195 Å². The second-order valence-corrected chi connectivity index (χ2v) is 8.17. The van der Waals surface area contributed by atoms with E-state index in [9.17, 15) is 14.4 Å². The molecule has 3 rings (SSSR count). The Morgan fingerprint density at radius 2 is 1.91 bits per heavy atom.